The van der Waals surface area contributed by atoms with Gasteiger partial charge in [0.2, 0.25) is 5.78 Å². The second-order valence-corrected chi connectivity index (χ2v) is 6.12. The van der Waals surface area contributed by atoms with Crippen LogP contribution in [0.2, 0.25) is 0 Å². The molecule has 0 atom stereocenters. The number of carbonyl (C=O) groups is 2. The summed E-state index contributed by atoms with van der Waals surface area (Å²) in [5, 5.41) is 3.87. The van der Waals surface area contributed by atoms with Crippen molar-refractivity contribution in [2.45, 2.75) is 20.8 Å². The van der Waals surface area contributed by atoms with E-state index in [0.29, 0.717) is 23.5 Å². The minimum atomic E-state index is -0.321. The summed E-state index contributed by atoms with van der Waals surface area (Å²) in [5.74, 6) is -0.121. The minimum Gasteiger partial charge on any atom is -0.465 e. The zero-order valence-electron chi connectivity index (χ0n) is 15.1. The van der Waals surface area contributed by atoms with Gasteiger partial charge in [-0.05, 0) is 32.9 Å². The smallest absolute Gasteiger partial charge is 0.325 e. The lowest BCUT2D eigenvalue weighted by Gasteiger charge is -2.05. The van der Waals surface area contributed by atoms with E-state index in [1.807, 2.05) is 38.1 Å². The predicted octanol–water partition coefficient (Wildman–Crippen LogP) is 4.26. The van der Waals surface area contributed by atoms with E-state index in [4.69, 9.17) is 9.15 Å². The number of carbonyl (C=O) groups excluding carboxylic acids is 2. The maximum absolute atomic E-state index is 12.7. The van der Waals surface area contributed by atoms with E-state index in [2.05, 4.69) is 5.32 Å². The van der Waals surface area contributed by atoms with E-state index in [1.54, 1.807) is 25.1 Å². The molecule has 1 N–H and O–H groups in total. The number of ether oxygens (including phenoxy) is 1. The second kappa shape index (κ2) is 7.44. The summed E-state index contributed by atoms with van der Waals surface area (Å²) in [6, 6.07) is 12.9. The Labute approximate surface area is 152 Å². The quantitative estimate of drug-likeness (QED) is 0.531. The Morgan fingerprint density at radius 2 is 1.81 bits per heavy atom. The molecule has 5 heteroatoms. The van der Waals surface area contributed by atoms with E-state index < -0.39 is 0 Å². The molecule has 0 saturated heterocycles. The van der Waals surface area contributed by atoms with Gasteiger partial charge in [0.15, 0.2) is 5.76 Å². The van der Waals surface area contributed by atoms with Crippen LogP contribution in [0.4, 0.5) is 5.69 Å². The number of anilines is 1. The molecule has 134 valence electrons. The molecular weight excluding hydrogens is 330 g/mol. The van der Waals surface area contributed by atoms with Gasteiger partial charge in [-0.2, -0.15) is 0 Å². The highest BCUT2D eigenvalue weighted by atomic mass is 16.5. The zero-order chi connectivity index (χ0) is 18.7. The number of hydrogen-bond acceptors (Lipinski definition) is 5. The third-order valence-electron chi connectivity index (χ3n) is 4.20. The number of ketones is 1. The standard InChI is InChI=1S/C21H21NO4/c1-4-25-19(23)12-22-16-9-10-17-14(3)21(26-18(17)11-16)20(24)15-7-5-13(2)6-8-15/h5-11,22H,4,12H2,1-3H3. The first-order chi connectivity index (χ1) is 12.5. The highest BCUT2D eigenvalue weighted by molar-refractivity contribution is 6.10. The average Bonchev–Trinajstić information content (AvgIpc) is 2.96. The van der Waals surface area contributed by atoms with Crippen molar-refractivity contribution < 1.29 is 18.7 Å². The molecule has 1 heterocycles. The van der Waals surface area contributed by atoms with Gasteiger partial charge < -0.3 is 14.5 Å². The maximum atomic E-state index is 12.7. The number of furan rings is 1. The lowest BCUT2D eigenvalue weighted by molar-refractivity contribution is -0.140. The minimum absolute atomic E-state index is 0.0776. The van der Waals surface area contributed by atoms with Gasteiger partial charge >= 0.3 is 5.97 Å². The van der Waals surface area contributed by atoms with Crippen LogP contribution in [0.1, 0.15) is 34.2 Å². The third-order valence-corrected chi connectivity index (χ3v) is 4.20. The second-order valence-electron chi connectivity index (χ2n) is 6.12. The largest absolute Gasteiger partial charge is 0.465 e. The van der Waals surface area contributed by atoms with Gasteiger partial charge in [0.1, 0.15) is 12.1 Å². The van der Waals surface area contributed by atoms with Gasteiger partial charge in [-0.15, -0.1) is 0 Å². The fourth-order valence-corrected chi connectivity index (χ4v) is 2.77. The Kier molecular flexibility index (Phi) is 5.07. The number of benzene rings is 2. The molecule has 0 fully saturated rings. The van der Waals surface area contributed by atoms with E-state index in [9.17, 15) is 9.59 Å². The molecule has 0 saturated carbocycles. The molecular formula is C21H21NO4. The van der Waals surface area contributed by atoms with Crippen molar-refractivity contribution in [1.82, 2.24) is 0 Å². The Balaban J connectivity index is 1.86. The number of nitrogens with one attached hydrogen (secondary N) is 1. The number of rotatable bonds is 6. The first-order valence-corrected chi connectivity index (χ1v) is 8.53. The number of fused-ring (bicyclic) bond motifs is 1. The molecule has 0 bridgehead atoms. The number of esters is 1. The molecule has 0 aliphatic carbocycles. The van der Waals surface area contributed by atoms with E-state index >= 15 is 0 Å². The van der Waals surface area contributed by atoms with Gasteiger partial charge in [-0.25, -0.2) is 0 Å². The Hall–Kier alpha value is -3.08. The predicted molar refractivity (Wildman–Crippen MR) is 101 cm³/mol. The van der Waals surface area contributed by atoms with Gasteiger partial charge in [0, 0.05) is 28.3 Å². The average molecular weight is 351 g/mol. The molecule has 0 unspecified atom stereocenters. The molecule has 3 rings (SSSR count). The van der Waals surface area contributed by atoms with Gasteiger partial charge in [-0.1, -0.05) is 29.8 Å². The summed E-state index contributed by atoms with van der Waals surface area (Å²) in [6.45, 7) is 6.04. The summed E-state index contributed by atoms with van der Waals surface area (Å²) in [5.41, 5.74) is 3.83. The maximum Gasteiger partial charge on any atom is 0.325 e. The Morgan fingerprint density at radius 1 is 1.08 bits per heavy atom. The van der Waals surface area contributed by atoms with Crippen LogP contribution in [-0.2, 0) is 9.53 Å². The van der Waals surface area contributed by atoms with Crippen LogP contribution >= 0.6 is 0 Å². The summed E-state index contributed by atoms with van der Waals surface area (Å²) in [6.07, 6.45) is 0. The molecule has 26 heavy (non-hydrogen) atoms. The van der Waals surface area contributed by atoms with E-state index in [1.165, 1.54) is 0 Å². The summed E-state index contributed by atoms with van der Waals surface area (Å²) in [4.78, 5) is 24.2. The molecule has 2 aromatic carbocycles. The van der Waals surface area contributed by atoms with Crippen LogP contribution in [0, 0.1) is 13.8 Å². The zero-order valence-corrected chi connectivity index (χ0v) is 15.1. The van der Waals surface area contributed by atoms with Crippen molar-refractivity contribution >= 4 is 28.4 Å². The fraction of sp³-hybridized carbons (Fsp3) is 0.238. The molecule has 5 nitrogen and oxygen atoms in total. The molecule has 1 aromatic heterocycles. The van der Waals surface area contributed by atoms with Crippen molar-refractivity contribution in [1.29, 1.82) is 0 Å². The van der Waals surface area contributed by atoms with Crippen LogP contribution in [0.25, 0.3) is 11.0 Å². The SMILES string of the molecule is CCOC(=O)CNc1ccc2c(C)c(C(=O)c3ccc(C)cc3)oc2c1. The lowest BCUT2D eigenvalue weighted by Crippen LogP contribution is -2.16. The van der Waals surface area contributed by atoms with Gasteiger partial charge in [0.05, 0.1) is 6.61 Å². The topological polar surface area (TPSA) is 68.5 Å². The highest BCUT2D eigenvalue weighted by Crippen LogP contribution is 2.29. The molecule has 0 spiro atoms. The summed E-state index contributed by atoms with van der Waals surface area (Å²) < 4.78 is 10.7. The van der Waals surface area contributed by atoms with Gasteiger partial charge in [0.25, 0.3) is 0 Å². The monoisotopic (exact) mass is 351 g/mol. The van der Waals surface area contributed by atoms with Crippen LogP contribution in [0.15, 0.2) is 46.9 Å². The van der Waals surface area contributed by atoms with Crippen molar-refractivity contribution in [2.24, 2.45) is 0 Å². The fourth-order valence-electron chi connectivity index (χ4n) is 2.77. The summed E-state index contributed by atoms with van der Waals surface area (Å²) >= 11 is 0. The molecule has 0 aliphatic rings. The van der Waals surface area contributed by atoms with Crippen molar-refractivity contribution in [3.63, 3.8) is 0 Å². The third kappa shape index (κ3) is 3.61. The molecule has 0 aliphatic heterocycles. The summed E-state index contributed by atoms with van der Waals surface area (Å²) in [7, 11) is 0. The van der Waals surface area contributed by atoms with Crippen LogP contribution < -0.4 is 5.32 Å². The van der Waals surface area contributed by atoms with E-state index in [-0.39, 0.29) is 18.3 Å². The highest BCUT2D eigenvalue weighted by Gasteiger charge is 2.19. The van der Waals surface area contributed by atoms with Crippen LogP contribution in [-0.4, -0.2) is 24.9 Å². The Bertz CT molecular complexity index is 954. The van der Waals surface area contributed by atoms with Crippen molar-refractivity contribution in [3.05, 3.63) is 64.9 Å². The van der Waals surface area contributed by atoms with Crippen LogP contribution in [0.3, 0.4) is 0 Å². The number of hydrogen-bond donors (Lipinski definition) is 1. The normalized spacial score (nSPS) is 10.7. The first kappa shape index (κ1) is 17.7. The number of aryl methyl sites for hydroxylation is 2. The Morgan fingerprint density at radius 3 is 2.50 bits per heavy atom. The van der Waals surface area contributed by atoms with Gasteiger partial charge in [-0.3, -0.25) is 9.59 Å². The first-order valence-electron chi connectivity index (χ1n) is 8.53. The van der Waals surface area contributed by atoms with Crippen LogP contribution in [0.5, 0.6) is 0 Å². The molecule has 0 radical (unpaired) electrons. The van der Waals surface area contributed by atoms with Crippen molar-refractivity contribution in [2.75, 3.05) is 18.5 Å². The van der Waals surface area contributed by atoms with E-state index in [0.717, 1.165) is 22.2 Å². The van der Waals surface area contributed by atoms with Crippen molar-refractivity contribution in [3.8, 4) is 0 Å². The molecule has 0 amide bonds. The molecule has 3 aromatic rings. The lowest BCUT2D eigenvalue weighted by atomic mass is 10.0.